The lowest BCUT2D eigenvalue weighted by atomic mass is 9.82. The van der Waals surface area contributed by atoms with Crippen molar-refractivity contribution in [1.82, 2.24) is 10.2 Å². The van der Waals surface area contributed by atoms with Crippen molar-refractivity contribution < 1.29 is 0 Å². The smallest absolute Gasteiger partial charge is 0.0328 e. The molecule has 0 radical (unpaired) electrons. The molecule has 1 aliphatic heterocycles. The number of hydrogen-bond donors (Lipinski definition) is 2. The predicted molar refractivity (Wildman–Crippen MR) is 88.9 cm³/mol. The van der Waals surface area contributed by atoms with E-state index in [1.165, 1.54) is 38.9 Å². The van der Waals surface area contributed by atoms with E-state index in [9.17, 15) is 0 Å². The van der Waals surface area contributed by atoms with Gasteiger partial charge in [-0.25, -0.2) is 0 Å². The van der Waals surface area contributed by atoms with Gasteiger partial charge in [-0.1, -0.05) is 34.6 Å². The number of piperidine rings is 1. The van der Waals surface area contributed by atoms with Crippen molar-refractivity contribution in [2.75, 3.05) is 32.7 Å². The summed E-state index contributed by atoms with van der Waals surface area (Å²) in [5.74, 6) is 2.21. The van der Waals surface area contributed by atoms with E-state index in [2.05, 4.69) is 44.8 Å². The Hall–Kier alpha value is -0.120. The molecule has 1 rings (SSSR count). The number of rotatable bonds is 8. The van der Waals surface area contributed by atoms with Crippen molar-refractivity contribution in [2.45, 2.75) is 59.4 Å². The van der Waals surface area contributed by atoms with Crippen molar-refractivity contribution in [3.63, 3.8) is 0 Å². The molecular weight excluding hydrogens is 246 g/mol. The second-order valence-corrected chi connectivity index (χ2v) is 7.36. The fraction of sp³-hybridized carbons (Fsp3) is 1.00. The van der Waals surface area contributed by atoms with Crippen LogP contribution in [-0.4, -0.2) is 43.2 Å². The van der Waals surface area contributed by atoms with Crippen LogP contribution in [0.25, 0.3) is 0 Å². The van der Waals surface area contributed by atoms with Gasteiger partial charge in [0.25, 0.3) is 0 Å². The first kappa shape index (κ1) is 17.9. The lowest BCUT2D eigenvalue weighted by Gasteiger charge is -2.43. The largest absolute Gasteiger partial charge is 0.329 e. The van der Waals surface area contributed by atoms with Crippen molar-refractivity contribution in [3.05, 3.63) is 0 Å². The average molecular weight is 284 g/mol. The normalized spacial score (nSPS) is 20.2. The van der Waals surface area contributed by atoms with Crippen LogP contribution in [0.2, 0.25) is 0 Å². The van der Waals surface area contributed by atoms with Gasteiger partial charge in [0.05, 0.1) is 0 Å². The first-order valence-electron chi connectivity index (χ1n) is 8.61. The molecule has 0 aliphatic carbocycles. The third-order valence-corrected chi connectivity index (χ3v) is 5.17. The Morgan fingerprint density at radius 2 is 1.65 bits per heavy atom. The molecule has 1 heterocycles. The van der Waals surface area contributed by atoms with E-state index in [1.807, 2.05) is 0 Å². The molecule has 0 amide bonds. The highest BCUT2D eigenvalue weighted by atomic mass is 15.2. The molecule has 0 spiro atoms. The highest BCUT2D eigenvalue weighted by molar-refractivity contribution is 4.95. The average Bonchev–Trinajstić information content (AvgIpc) is 2.40. The highest BCUT2D eigenvalue weighted by Gasteiger charge is 2.33. The maximum Gasteiger partial charge on any atom is 0.0328 e. The van der Waals surface area contributed by atoms with Gasteiger partial charge >= 0.3 is 0 Å². The predicted octanol–water partition coefficient (Wildman–Crippen LogP) is 2.71. The summed E-state index contributed by atoms with van der Waals surface area (Å²) in [7, 11) is 0. The Labute approximate surface area is 126 Å². The van der Waals surface area contributed by atoms with Crippen LogP contribution in [0.5, 0.6) is 0 Å². The third kappa shape index (κ3) is 5.01. The molecule has 1 aliphatic rings. The molecule has 0 unspecified atom stereocenters. The minimum atomic E-state index is 0.187. The number of likely N-dealkylation sites (tertiary alicyclic amines) is 1. The molecule has 3 heteroatoms. The van der Waals surface area contributed by atoms with E-state index < -0.39 is 0 Å². The van der Waals surface area contributed by atoms with Crippen molar-refractivity contribution in [3.8, 4) is 0 Å². The Kier molecular flexibility index (Phi) is 7.49. The van der Waals surface area contributed by atoms with Gasteiger partial charge in [0.1, 0.15) is 0 Å². The summed E-state index contributed by atoms with van der Waals surface area (Å²) in [4.78, 5) is 2.58. The lowest BCUT2D eigenvalue weighted by Crippen LogP contribution is -2.59. The van der Waals surface area contributed by atoms with E-state index in [-0.39, 0.29) is 5.54 Å². The van der Waals surface area contributed by atoms with Crippen molar-refractivity contribution >= 4 is 0 Å². The zero-order chi connectivity index (χ0) is 15.2. The Balaban J connectivity index is 2.50. The van der Waals surface area contributed by atoms with Crippen molar-refractivity contribution in [1.29, 1.82) is 0 Å². The lowest BCUT2D eigenvalue weighted by molar-refractivity contribution is 0.126. The standard InChI is InChI=1S/C17H37N3/c1-6-9-20-10-7-17(13-18,8-11-20)19-12-16(14(2)3)15(4)5/h14-16,19H,6-13,18H2,1-5H3. The summed E-state index contributed by atoms with van der Waals surface area (Å²) in [5.41, 5.74) is 6.30. The molecular formula is C17H37N3. The number of hydrogen-bond acceptors (Lipinski definition) is 3. The second kappa shape index (κ2) is 8.35. The van der Waals surface area contributed by atoms with Crippen LogP contribution < -0.4 is 11.1 Å². The summed E-state index contributed by atoms with van der Waals surface area (Å²) in [5, 5.41) is 3.86. The van der Waals surface area contributed by atoms with Gasteiger partial charge in [-0.15, -0.1) is 0 Å². The van der Waals surface area contributed by atoms with Crippen LogP contribution in [0, 0.1) is 17.8 Å². The third-order valence-electron chi connectivity index (χ3n) is 5.17. The zero-order valence-electron chi connectivity index (χ0n) is 14.4. The molecule has 0 saturated carbocycles. The van der Waals surface area contributed by atoms with E-state index in [4.69, 9.17) is 5.73 Å². The molecule has 0 aromatic heterocycles. The monoisotopic (exact) mass is 283 g/mol. The molecule has 0 aromatic rings. The Morgan fingerprint density at radius 1 is 1.10 bits per heavy atom. The summed E-state index contributed by atoms with van der Waals surface area (Å²) < 4.78 is 0. The SMILES string of the molecule is CCCN1CCC(CN)(NCC(C(C)C)C(C)C)CC1. The number of nitrogens with two attached hydrogens (primary N) is 1. The van der Waals surface area contributed by atoms with E-state index in [0.29, 0.717) is 0 Å². The minimum absolute atomic E-state index is 0.187. The molecule has 120 valence electrons. The first-order chi connectivity index (χ1) is 9.44. The molecule has 3 nitrogen and oxygen atoms in total. The quantitative estimate of drug-likeness (QED) is 0.719. The minimum Gasteiger partial charge on any atom is -0.329 e. The van der Waals surface area contributed by atoms with Gasteiger partial charge in [0, 0.05) is 12.1 Å². The van der Waals surface area contributed by atoms with Crippen LogP contribution in [0.4, 0.5) is 0 Å². The maximum absolute atomic E-state index is 6.12. The van der Waals surface area contributed by atoms with Gasteiger partial charge in [-0.3, -0.25) is 0 Å². The van der Waals surface area contributed by atoms with Crippen LogP contribution in [0.1, 0.15) is 53.9 Å². The summed E-state index contributed by atoms with van der Waals surface area (Å²) in [6, 6.07) is 0. The highest BCUT2D eigenvalue weighted by Crippen LogP contribution is 2.25. The number of nitrogens with one attached hydrogen (secondary N) is 1. The molecule has 0 aromatic carbocycles. The van der Waals surface area contributed by atoms with Crippen LogP contribution in [0.3, 0.4) is 0 Å². The van der Waals surface area contributed by atoms with Gasteiger partial charge in [-0.2, -0.15) is 0 Å². The van der Waals surface area contributed by atoms with E-state index in [1.54, 1.807) is 0 Å². The molecule has 0 atom stereocenters. The van der Waals surface area contributed by atoms with E-state index in [0.717, 1.165) is 30.8 Å². The van der Waals surface area contributed by atoms with E-state index >= 15 is 0 Å². The zero-order valence-corrected chi connectivity index (χ0v) is 14.4. The van der Waals surface area contributed by atoms with Gasteiger partial charge in [0.15, 0.2) is 0 Å². The van der Waals surface area contributed by atoms with Gasteiger partial charge < -0.3 is 16.0 Å². The fourth-order valence-electron chi connectivity index (χ4n) is 3.55. The van der Waals surface area contributed by atoms with Crippen LogP contribution in [-0.2, 0) is 0 Å². The number of nitrogens with zero attached hydrogens (tertiary/aromatic N) is 1. The second-order valence-electron chi connectivity index (χ2n) is 7.36. The summed E-state index contributed by atoms with van der Waals surface area (Å²) in [6.07, 6.45) is 3.66. The Morgan fingerprint density at radius 3 is 2.05 bits per heavy atom. The van der Waals surface area contributed by atoms with Gasteiger partial charge in [0.2, 0.25) is 0 Å². The molecule has 20 heavy (non-hydrogen) atoms. The summed E-state index contributed by atoms with van der Waals surface area (Å²) >= 11 is 0. The Bertz CT molecular complexity index is 247. The van der Waals surface area contributed by atoms with Crippen molar-refractivity contribution in [2.24, 2.45) is 23.5 Å². The fourth-order valence-corrected chi connectivity index (χ4v) is 3.55. The van der Waals surface area contributed by atoms with Gasteiger partial charge in [-0.05, 0) is 63.2 Å². The molecule has 3 N–H and O–H groups in total. The maximum atomic E-state index is 6.12. The molecule has 1 saturated heterocycles. The first-order valence-corrected chi connectivity index (χ1v) is 8.61. The topological polar surface area (TPSA) is 41.3 Å². The molecule has 0 bridgehead atoms. The summed E-state index contributed by atoms with van der Waals surface area (Å²) in [6.45, 7) is 17.1. The molecule has 1 fully saturated rings. The van der Waals surface area contributed by atoms with Crippen LogP contribution >= 0.6 is 0 Å². The van der Waals surface area contributed by atoms with Crippen LogP contribution in [0.15, 0.2) is 0 Å².